The molecule has 3 nitrogen and oxygen atoms in total. The molecule has 4 aromatic rings. The van der Waals surface area contributed by atoms with Gasteiger partial charge in [-0.3, -0.25) is 0 Å². The normalized spacial score (nSPS) is 12.5. The molecule has 138 valence electrons. The summed E-state index contributed by atoms with van der Waals surface area (Å²) in [6.07, 6.45) is 1.89. The molecule has 4 heteroatoms. The van der Waals surface area contributed by atoms with Crippen molar-refractivity contribution in [2.75, 3.05) is 0 Å². The van der Waals surface area contributed by atoms with Crippen molar-refractivity contribution in [2.24, 2.45) is 10.2 Å². The van der Waals surface area contributed by atoms with Gasteiger partial charge in [0.2, 0.25) is 4.80 Å². The van der Waals surface area contributed by atoms with Crippen LogP contribution in [0, 0.1) is 0 Å². The average Bonchev–Trinajstić information content (AvgIpc) is 3.15. The van der Waals surface area contributed by atoms with Crippen LogP contribution in [0.2, 0.25) is 0 Å². The summed E-state index contributed by atoms with van der Waals surface area (Å²) < 4.78 is 2.14. The minimum absolute atomic E-state index is 0.692. The zero-order chi connectivity index (χ0) is 19.3. The standard InChI is InChI=1S/C24H21N3S/c1-3-15-27-23(20-10-5-4-6-11-20)17-28-24(27)26-25-18(2)21-14-13-19-9-7-8-12-22(19)16-21/h3-14,16-17H,1,15H2,2H3/b25-18+,26-24-. The van der Waals surface area contributed by atoms with Crippen LogP contribution < -0.4 is 4.80 Å². The summed E-state index contributed by atoms with van der Waals surface area (Å²) in [7, 11) is 0. The van der Waals surface area contributed by atoms with Gasteiger partial charge in [-0.25, -0.2) is 0 Å². The van der Waals surface area contributed by atoms with Crippen LogP contribution >= 0.6 is 11.3 Å². The maximum atomic E-state index is 4.55. The number of hydrogen-bond acceptors (Lipinski definition) is 3. The Morgan fingerprint density at radius 2 is 1.75 bits per heavy atom. The first-order valence-corrected chi connectivity index (χ1v) is 10.1. The summed E-state index contributed by atoms with van der Waals surface area (Å²) >= 11 is 1.59. The van der Waals surface area contributed by atoms with E-state index >= 15 is 0 Å². The highest BCUT2D eigenvalue weighted by Crippen LogP contribution is 2.20. The second-order valence-corrected chi connectivity index (χ2v) is 7.35. The third-order valence-corrected chi connectivity index (χ3v) is 5.49. The number of thiazole rings is 1. The first kappa shape index (κ1) is 18.1. The molecule has 0 atom stereocenters. The fraction of sp³-hybridized carbons (Fsp3) is 0.0833. The number of rotatable bonds is 5. The Balaban J connectivity index is 1.73. The Bertz CT molecular complexity index is 1210. The van der Waals surface area contributed by atoms with Crippen LogP contribution in [0.25, 0.3) is 22.0 Å². The number of fused-ring (bicyclic) bond motifs is 1. The molecule has 0 fully saturated rings. The van der Waals surface area contributed by atoms with Crippen LogP contribution in [0.4, 0.5) is 0 Å². The van der Waals surface area contributed by atoms with E-state index < -0.39 is 0 Å². The molecule has 0 saturated carbocycles. The van der Waals surface area contributed by atoms with E-state index in [-0.39, 0.29) is 0 Å². The molecular formula is C24H21N3S. The highest BCUT2D eigenvalue weighted by molar-refractivity contribution is 7.07. The highest BCUT2D eigenvalue weighted by Gasteiger charge is 2.06. The zero-order valence-electron chi connectivity index (χ0n) is 15.7. The molecule has 0 N–H and O–H groups in total. The third kappa shape index (κ3) is 3.73. The molecule has 1 heterocycles. The summed E-state index contributed by atoms with van der Waals surface area (Å²) in [5.41, 5.74) is 4.27. The SMILES string of the molecule is C=CCn1c(-c2ccccc2)cs/c1=N\N=C(/C)c1ccc2ccccc2c1. The van der Waals surface area contributed by atoms with Crippen molar-refractivity contribution in [2.45, 2.75) is 13.5 Å². The Kier molecular flexibility index (Phi) is 5.31. The van der Waals surface area contributed by atoms with E-state index in [9.17, 15) is 0 Å². The second-order valence-electron chi connectivity index (χ2n) is 6.52. The van der Waals surface area contributed by atoms with Gasteiger partial charge in [0.25, 0.3) is 0 Å². The van der Waals surface area contributed by atoms with E-state index in [0.29, 0.717) is 6.54 Å². The lowest BCUT2D eigenvalue weighted by Gasteiger charge is -2.06. The monoisotopic (exact) mass is 383 g/mol. The van der Waals surface area contributed by atoms with Crippen LogP contribution in [0.5, 0.6) is 0 Å². The van der Waals surface area contributed by atoms with Crippen LogP contribution in [0.15, 0.2) is 101 Å². The molecule has 0 aliphatic carbocycles. The lowest BCUT2D eigenvalue weighted by atomic mass is 10.0. The molecule has 28 heavy (non-hydrogen) atoms. The van der Waals surface area contributed by atoms with Gasteiger partial charge in [0.1, 0.15) is 0 Å². The molecule has 0 spiro atoms. The number of aromatic nitrogens is 1. The van der Waals surface area contributed by atoms with Gasteiger partial charge in [-0.05, 0) is 34.9 Å². The first-order valence-electron chi connectivity index (χ1n) is 9.18. The number of allylic oxidation sites excluding steroid dienone is 1. The van der Waals surface area contributed by atoms with Crippen molar-refractivity contribution in [1.29, 1.82) is 0 Å². The Morgan fingerprint density at radius 1 is 1.00 bits per heavy atom. The topological polar surface area (TPSA) is 29.6 Å². The van der Waals surface area contributed by atoms with Gasteiger partial charge in [-0.1, -0.05) is 72.8 Å². The Morgan fingerprint density at radius 3 is 2.54 bits per heavy atom. The fourth-order valence-electron chi connectivity index (χ4n) is 3.14. The quantitative estimate of drug-likeness (QED) is 0.234. The fourth-order valence-corrected chi connectivity index (χ4v) is 4.01. The summed E-state index contributed by atoms with van der Waals surface area (Å²) in [5.74, 6) is 0. The lowest BCUT2D eigenvalue weighted by Crippen LogP contribution is -2.15. The van der Waals surface area contributed by atoms with Gasteiger partial charge < -0.3 is 4.57 Å². The molecule has 0 aliphatic rings. The highest BCUT2D eigenvalue weighted by atomic mass is 32.1. The predicted octanol–water partition coefficient (Wildman–Crippen LogP) is 5.88. The number of nitrogens with zero attached hydrogens (tertiary/aromatic N) is 3. The average molecular weight is 384 g/mol. The molecule has 0 saturated heterocycles. The molecule has 0 radical (unpaired) electrons. The molecule has 1 aromatic heterocycles. The van der Waals surface area contributed by atoms with Crippen LogP contribution in [-0.2, 0) is 6.54 Å². The van der Waals surface area contributed by atoms with Crippen molar-refractivity contribution < 1.29 is 0 Å². The predicted molar refractivity (Wildman–Crippen MR) is 120 cm³/mol. The van der Waals surface area contributed by atoms with Gasteiger partial charge in [-0.2, -0.15) is 5.10 Å². The Hall–Kier alpha value is -3.24. The maximum Gasteiger partial charge on any atom is 0.211 e. The number of hydrogen-bond donors (Lipinski definition) is 0. The maximum absolute atomic E-state index is 4.55. The summed E-state index contributed by atoms with van der Waals surface area (Å²) in [6, 6.07) is 25.0. The smallest absolute Gasteiger partial charge is 0.211 e. The first-order chi connectivity index (χ1) is 13.8. The molecule has 0 bridgehead atoms. The summed E-state index contributed by atoms with van der Waals surface area (Å²) in [5, 5.41) is 13.6. The van der Waals surface area contributed by atoms with E-state index in [0.717, 1.165) is 27.3 Å². The molecule has 0 unspecified atom stereocenters. The van der Waals surface area contributed by atoms with Crippen molar-refractivity contribution in [1.82, 2.24) is 4.57 Å². The van der Waals surface area contributed by atoms with E-state index in [1.54, 1.807) is 11.3 Å². The van der Waals surface area contributed by atoms with Gasteiger partial charge in [0.05, 0.1) is 11.4 Å². The van der Waals surface area contributed by atoms with Crippen LogP contribution in [0.3, 0.4) is 0 Å². The lowest BCUT2D eigenvalue weighted by molar-refractivity contribution is 0.788. The van der Waals surface area contributed by atoms with Crippen molar-refractivity contribution in [3.8, 4) is 11.3 Å². The Labute approximate surface area is 168 Å². The van der Waals surface area contributed by atoms with Gasteiger partial charge >= 0.3 is 0 Å². The molecular weight excluding hydrogens is 362 g/mol. The number of benzene rings is 3. The van der Waals surface area contributed by atoms with Crippen molar-refractivity contribution >= 4 is 27.8 Å². The van der Waals surface area contributed by atoms with Gasteiger partial charge in [-0.15, -0.1) is 23.0 Å². The van der Waals surface area contributed by atoms with Crippen molar-refractivity contribution in [3.63, 3.8) is 0 Å². The van der Waals surface area contributed by atoms with E-state index in [2.05, 4.69) is 81.3 Å². The largest absolute Gasteiger partial charge is 0.311 e. The van der Waals surface area contributed by atoms with E-state index in [4.69, 9.17) is 0 Å². The minimum Gasteiger partial charge on any atom is -0.311 e. The van der Waals surface area contributed by atoms with E-state index in [1.807, 2.05) is 31.2 Å². The van der Waals surface area contributed by atoms with Crippen LogP contribution in [0.1, 0.15) is 12.5 Å². The molecule has 3 aromatic carbocycles. The summed E-state index contributed by atoms with van der Waals surface area (Å²) in [4.78, 5) is 0.860. The third-order valence-electron chi connectivity index (χ3n) is 4.63. The minimum atomic E-state index is 0.692. The zero-order valence-corrected chi connectivity index (χ0v) is 16.6. The van der Waals surface area contributed by atoms with Crippen molar-refractivity contribution in [3.05, 3.63) is 101 Å². The second kappa shape index (κ2) is 8.19. The van der Waals surface area contributed by atoms with E-state index in [1.165, 1.54) is 10.8 Å². The van der Waals surface area contributed by atoms with Gasteiger partial charge in [0.15, 0.2) is 0 Å². The summed E-state index contributed by atoms with van der Waals surface area (Å²) in [6.45, 7) is 6.58. The molecule has 0 aliphatic heterocycles. The molecule has 4 rings (SSSR count). The molecule has 0 amide bonds. The van der Waals surface area contributed by atoms with Gasteiger partial charge in [0, 0.05) is 11.9 Å². The van der Waals surface area contributed by atoms with Crippen LogP contribution in [-0.4, -0.2) is 10.3 Å².